The predicted molar refractivity (Wildman–Crippen MR) is 47.9 cm³/mol. The monoisotopic (exact) mass is 159 g/mol. The molecule has 0 saturated heterocycles. The minimum absolute atomic E-state index is 0.592. The second-order valence-corrected chi connectivity index (χ2v) is 4.17. The van der Waals surface area contributed by atoms with Crippen LogP contribution < -0.4 is 0 Å². The first-order valence-corrected chi connectivity index (χ1v) is 4.82. The Balaban J connectivity index is 1.97. The highest BCUT2D eigenvalue weighted by Gasteiger charge is 2.54. The van der Waals surface area contributed by atoms with Gasteiger partial charge in [-0.2, -0.15) is 0 Å². The number of pyridine rings is 1. The highest BCUT2D eigenvalue weighted by molar-refractivity contribution is 5.31. The second kappa shape index (κ2) is 2.09. The van der Waals surface area contributed by atoms with E-state index in [4.69, 9.17) is 0 Å². The van der Waals surface area contributed by atoms with Crippen LogP contribution in [0.3, 0.4) is 0 Å². The maximum absolute atomic E-state index is 4.20. The lowest BCUT2D eigenvalue weighted by Gasteiger charge is -2.12. The van der Waals surface area contributed by atoms with Gasteiger partial charge in [-0.25, -0.2) is 0 Å². The quantitative estimate of drug-likeness (QED) is 0.646. The third-order valence-electron chi connectivity index (χ3n) is 3.38. The van der Waals surface area contributed by atoms with Gasteiger partial charge in [-0.1, -0.05) is 6.07 Å². The number of rotatable bonds is 2. The molecule has 0 amide bonds. The van der Waals surface area contributed by atoms with E-state index in [0.29, 0.717) is 5.41 Å². The van der Waals surface area contributed by atoms with Gasteiger partial charge in [0.2, 0.25) is 0 Å². The average Bonchev–Trinajstić information content (AvgIpc) is 2.99. The number of aromatic nitrogens is 1. The normalized spacial score (nSPS) is 25.3. The van der Waals surface area contributed by atoms with Crippen LogP contribution in [0.4, 0.5) is 0 Å². The van der Waals surface area contributed by atoms with Crippen molar-refractivity contribution in [3.8, 4) is 0 Å². The summed E-state index contributed by atoms with van der Waals surface area (Å²) in [5.41, 5.74) is 2.08. The molecule has 1 aromatic rings. The van der Waals surface area contributed by atoms with Gasteiger partial charge in [0, 0.05) is 12.4 Å². The van der Waals surface area contributed by atoms with E-state index in [9.17, 15) is 0 Å². The molecule has 2 aliphatic rings. The van der Waals surface area contributed by atoms with E-state index in [1.54, 1.807) is 0 Å². The maximum Gasteiger partial charge on any atom is 0.0305 e. The van der Waals surface area contributed by atoms with Gasteiger partial charge in [0.25, 0.3) is 0 Å². The lowest BCUT2D eigenvalue weighted by Crippen LogP contribution is -2.08. The topological polar surface area (TPSA) is 12.9 Å². The summed E-state index contributed by atoms with van der Waals surface area (Å²) in [6.45, 7) is 0. The molecule has 62 valence electrons. The van der Waals surface area contributed by atoms with Crippen LogP contribution in [0, 0.1) is 5.92 Å². The molecule has 0 spiro atoms. The van der Waals surface area contributed by atoms with Crippen LogP contribution >= 0.6 is 0 Å². The third-order valence-corrected chi connectivity index (χ3v) is 3.38. The van der Waals surface area contributed by atoms with Gasteiger partial charge >= 0.3 is 0 Å². The Labute approximate surface area is 72.8 Å². The van der Waals surface area contributed by atoms with Crippen molar-refractivity contribution >= 4 is 0 Å². The van der Waals surface area contributed by atoms with Crippen molar-refractivity contribution in [2.45, 2.75) is 31.1 Å². The van der Waals surface area contributed by atoms with Crippen LogP contribution in [0.25, 0.3) is 0 Å². The van der Waals surface area contributed by atoms with E-state index in [2.05, 4.69) is 23.3 Å². The maximum atomic E-state index is 4.20. The van der Waals surface area contributed by atoms with Crippen LogP contribution in [0.5, 0.6) is 0 Å². The Morgan fingerprint density at radius 3 is 2.67 bits per heavy atom. The molecule has 3 rings (SSSR count). The average molecular weight is 159 g/mol. The standard InChI is InChI=1S/C11H13N/c1-2-10(8-12-7-1)11(5-6-11)9-3-4-9/h1-2,7-9H,3-6H2. The van der Waals surface area contributed by atoms with E-state index < -0.39 is 0 Å². The molecular weight excluding hydrogens is 146 g/mol. The molecule has 12 heavy (non-hydrogen) atoms. The number of hydrogen-bond donors (Lipinski definition) is 0. The zero-order valence-corrected chi connectivity index (χ0v) is 7.16. The van der Waals surface area contributed by atoms with Crippen LogP contribution in [-0.2, 0) is 5.41 Å². The summed E-state index contributed by atoms with van der Waals surface area (Å²) in [6.07, 6.45) is 9.65. The highest BCUT2D eigenvalue weighted by atomic mass is 14.7. The van der Waals surface area contributed by atoms with Gasteiger partial charge < -0.3 is 0 Å². The Bertz CT molecular complexity index is 283. The fourth-order valence-electron chi connectivity index (χ4n) is 2.36. The van der Waals surface area contributed by atoms with Gasteiger partial charge in [-0.05, 0) is 48.6 Å². The van der Waals surface area contributed by atoms with Crippen molar-refractivity contribution in [2.75, 3.05) is 0 Å². The van der Waals surface area contributed by atoms with Crippen LogP contribution in [0.2, 0.25) is 0 Å². The summed E-state index contributed by atoms with van der Waals surface area (Å²) in [5, 5.41) is 0. The van der Waals surface area contributed by atoms with Crippen LogP contribution in [0.15, 0.2) is 24.5 Å². The first-order valence-electron chi connectivity index (χ1n) is 4.82. The third kappa shape index (κ3) is 0.825. The molecule has 2 saturated carbocycles. The summed E-state index contributed by atoms with van der Waals surface area (Å²) < 4.78 is 0. The molecule has 0 N–H and O–H groups in total. The van der Waals surface area contributed by atoms with E-state index in [1.165, 1.54) is 31.2 Å². The molecule has 0 unspecified atom stereocenters. The summed E-state index contributed by atoms with van der Waals surface area (Å²) >= 11 is 0. The largest absolute Gasteiger partial charge is 0.264 e. The van der Waals surface area contributed by atoms with Crippen molar-refractivity contribution in [1.82, 2.24) is 4.98 Å². The van der Waals surface area contributed by atoms with E-state index in [1.807, 2.05) is 6.20 Å². The molecule has 0 aliphatic heterocycles. The van der Waals surface area contributed by atoms with Crippen molar-refractivity contribution in [3.05, 3.63) is 30.1 Å². The second-order valence-electron chi connectivity index (χ2n) is 4.17. The Kier molecular flexibility index (Phi) is 1.16. The van der Waals surface area contributed by atoms with Crippen molar-refractivity contribution in [3.63, 3.8) is 0 Å². The number of hydrogen-bond acceptors (Lipinski definition) is 1. The minimum atomic E-state index is 0.592. The number of nitrogens with zero attached hydrogens (tertiary/aromatic N) is 1. The van der Waals surface area contributed by atoms with Gasteiger partial charge in [0.1, 0.15) is 0 Å². The molecule has 0 atom stereocenters. The summed E-state index contributed by atoms with van der Waals surface area (Å²) in [4.78, 5) is 4.20. The lowest BCUT2D eigenvalue weighted by atomic mass is 9.92. The molecule has 1 heteroatoms. The van der Waals surface area contributed by atoms with Crippen LogP contribution in [-0.4, -0.2) is 4.98 Å². The minimum Gasteiger partial charge on any atom is -0.264 e. The zero-order valence-electron chi connectivity index (χ0n) is 7.16. The van der Waals surface area contributed by atoms with Gasteiger partial charge in [-0.15, -0.1) is 0 Å². The van der Waals surface area contributed by atoms with E-state index >= 15 is 0 Å². The SMILES string of the molecule is c1cncc(C2(C3CC3)CC2)c1. The van der Waals surface area contributed by atoms with Gasteiger partial charge in [0.15, 0.2) is 0 Å². The highest BCUT2D eigenvalue weighted by Crippen LogP contribution is 2.61. The van der Waals surface area contributed by atoms with Gasteiger partial charge in [-0.3, -0.25) is 4.98 Å². The Morgan fingerprint density at radius 2 is 2.17 bits per heavy atom. The fourth-order valence-corrected chi connectivity index (χ4v) is 2.36. The molecule has 2 aliphatic carbocycles. The summed E-state index contributed by atoms with van der Waals surface area (Å²) in [5.74, 6) is 1.00. The van der Waals surface area contributed by atoms with E-state index in [0.717, 1.165) is 5.92 Å². The van der Waals surface area contributed by atoms with Crippen molar-refractivity contribution in [1.29, 1.82) is 0 Å². The van der Waals surface area contributed by atoms with Crippen molar-refractivity contribution in [2.24, 2.45) is 5.92 Å². The molecule has 0 aromatic carbocycles. The molecule has 2 fully saturated rings. The zero-order chi connectivity index (χ0) is 8.02. The molecule has 1 nitrogen and oxygen atoms in total. The smallest absolute Gasteiger partial charge is 0.0305 e. The molecular formula is C11H13N. The molecule has 1 heterocycles. The molecule has 0 radical (unpaired) electrons. The first kappa shape index (κ1) is 6.64. The summed E-state index contributed by atoms with van der Waals surface area (Å²) in [7, 11) is 0. The predicted octanol–water partition coefficient (Wildman–Crippen LogP) is 2.52. The Hall–Kier alpha value is -0.850. The molecule has 0 bridgehead atoms. The fraction of sp³-hybridized carbons (Fsp3) is 0.545. The van der Waals surface area contributed by atoms with E-state index in [-0.39, 0.29) is 0 Å². The Morgan fingerprint density at radius 1 is 1.33 bits per heavy atom. The van der Waals surface area contributed by atoms with Gasteiger partial charge in [0.05, 0.1) is 0 Å². The molecule has 1 aromatic heterocycles. The van der Waals surface area contributed by atoms with Crippen LogP contribution in [0.1, 0.15) is 31.2 Å². The summed E-state index contributed by atoms with van der Waals surface area (Å²) in [6, 6.07) is 4.32. The first-order chi connectivity index (χ1) is 5.92. The van der Waals surface area contributed by atoms with Crippen molar-refractivity contribution < 1.29 is 0 Å². The lowest BCUT2D eigenvalue weighted by molar-refractivity contribution is 0.595.